The van der Waals surface area contributed by atoms with Crippen molar-refractivity contribution in [2.45, 2.75) is 6.92 Å². The van der Waals surface area contributed by atoms with Gasteiger partial charge in [0.15, 0.2) is 0 Å². The lowest BCUT2D eigenvalue weighted by molar-refractivity contribution is 0.485. The van der Waals surface area contributed by atoms with Crippen LogP contribution in [0.15, 0.2) is 42.7 Å². The standard InChI is InChI=1S/C15H12ClN3O/c1-9-4-15(20-12-5-10(16)7-18-8-12)13-6-11(17)2-3-14(13)19-9/h2-8H,17H2,1H3. The first-order valence-corrected chi connectivity index (χ1v) is 6.45. The summed E-state index contributed by atoms with van der Waals surface area (Å²) >= 11 is 5.91. The number of halogens is 1. The van der Waals surface area contributed by atoms with Gasteiger partial charge in [0, 0.05) is 35.1 Å². The maximum Gasteiger partial charge on any atom is 0.147 e. The number of nitrogen functional groups attached to an aromatic ring is 1. The molecule has 0 aliphatic heterocycles. The monoisotopic (exact) mass is 285 g/mol. The average molecular weight is 286 g/mol. The third kappa shape index (κ3) is 2.51. The number of benzene rings is 1. The van der Waals surface area contributed by atoms with E-state index in [2.05, 4.69) is 9.97 Å². The van der Waals surface area contributed by atoms with E-state index in [9.17, 15) is 0 Å². The number of rotatable bonds is 2. The van der Waals surface area contributed by atoms with Crippen LogP contribution in [0.2, 0.25) is 5.02 Å². The third-order valence-electron chi connectivity index (χ3n) is 2.83. The molecule has 2 aromatic heterocycles. The lowest BCUT2D eigenvalue weighted by Gasteiger charge is -2.10. The average Bonchev–Trinajstić information content (AvgIpc) is 2.39. The Balaban J connectivity index is 2.12. The molecule has 3 rings (SSSR count). The number of hydrogen-bond acceptors (Lipinski definition) is 4. The molecule has 20 heavy (non-hydrogen) atoms. The molecule has 0 unspecified atom stereocenters. The largest absolute Gasteiger partial charge is 0.455 e. The number of pyridine rings is 2. The lowest BCUT2D eigenvalue weighted by atomic mass is 10.1. The van der Waals surface area contributed by atoms with Crippen molar-refractivity contribution < 1.29 is 4.74 Å². The number of fused-ring (bicyclic) bond motifs is 1. The first kappa shape index (κ1) is 12.7. The Bertz CT molecular complexity index is 789. The Morgan fingerprint density at radius 2 is 2.00 bits per heavy atom. The molecule has 0 saturated carbocycles. The molecular weight excluding hydrogens is 274 g/mol. The molecule has 0 aliphatic carbocycles. The van der Waals surface area contributed by atoms with Gasteiger partial charge in [-0.05, 0) is 25.1 Å². The van der Waals surface area contributed by atoms with Gasteiger partial charge in [0.05, 0.1) is 16.7 Å². The quantitative estimate of drug-likeness (QED) is 0.724. The summed E-state index contributed by atoms with van der Waals surface area (Å²) in [5.41, 5.74) is 8.20. The van der Waals surface area contributed by atoms with Gasteiger partial charge >= 0.3 is 0 Å². The molecule has 0 amide bonds. The minimum atomic E-state index is 0.525. The predicted octanol–water partition coefficient (Wildman–Crippen LogP) is 3.97. The SMILES string of the molecule is Cc1cc(Oc2cncc(Cl)c2)c2cc(N)ccc2n1. The summed E-state index contributed by atoms with van der Waals surface area (Å²) < 4.78 is 5.87. The van der Waals surface area contributed by atoms with Gasteiger partial charge in [0.1, 0.15) is 11.5 Å². The highest BCUT2D eigenvalue weighted by Gasteiger charge is 2.07. The van der Waals surface area contributed by atoms with Gasteiger partial charge in [-0.2, -0.15) is 0 Å². The minimum Gasteiger partial charge on any atom is -0.455 e. The fourth-order valence-corrected chi connectivity index (χ4v) is 2.16. The second kappa shape index (κ2) is 4.98. The Morgan fingerprint density at radius 1 is 1.15 bits per heavy atom. The Hall–Kier alpha value is -2.33. The van der Waals surface area contributed by atoms with Crippen molar-refractivity contribution >= 4 is 28.2 Å². The topological polar surface area (TPSA) is 61.0 Å². The third-order valence-corrected chi connectivity index (χ3v) is 3.04. The van der Waals surface area contributed by atoms with Gasteiger partial charge in [-0.1, -0.05) is 11.6 Å². The normalized spacial score (nSPS) is 10.7. The molecule has 0 atom stereocenters. The summed E-state index contributed by atoms with van der Waals surface area (Å²) in [5.74, 6) is 1.26. The molecule has 0 bridgehead atoms. The van der Waals surface area contributed by atoms with Crippen molar-refractivity contribution in [1.29, 1.82) is 0 Å². The molecule has 2 N–H and O–H groups in total. The van der Waals surface area contributed by atoms with E-state index in [1.165, 1.54) is 0 Å². The summed E-state index contributed by atoms with van der Waals surface area (Å²) in [6, 6.07) is 9.11. The molecule has 3 aromatic rings. The van der Waals surface area contributed by atoms with E-state index in [0.29, 0.717) is 22.2 Å². The van der Waals surface area contributed by atoms with Crippen molar-refractivity contribution in [3.8, 4) is 11.5 Å². The highest BCUT2D eigenvalue weighted by molar-refractivity contribution is 6.30. The molecule has 0 spiro atoms. The summed E-state index contributed by atoms with van der Waals surface area (Å²) in [6.45, 7) is 1.92. The fourth-order valence-electron chi connectivity index (χ4n) is 2.00. The van der Waals surface area contributed by atoms with Gasteiger partial charge in [0.25, 0.3) is 0 Å². The molecule has 0 saturated heterocycles. The Morgan fingerprint density at radius 3 is 2.80 bits per heavy atom. The second-order valence-electron chi connectivity index (χ2n) is 4.48. The molecule has 0 aliphatic rings. The smallest absolute Gasteiger partial charge is 0.147 e. The number of hydrogen-bond donors (Lipinski definition) is 1. The molecule has 4 nitrogen and oxygen atoms in total. The lowest BCUT2D eigenvalue weighted by Crippen LogP contribution is -1.93. The van der Waals surface area contributed by atoms with Crippen LogP contribution < -0.4 is 10.5 Å². The van der Waals surface area contributed by atoms with Crippen LogP contribution in [-0.2, 0) is 0 Å². The zero-order chi connectivity index (χ0) is 14.1. The molecule has 0 fully saturated rings. The molecule has 1 aromatic carbocycles. The van der Waals surface area contributed by atoms with Gasteiger partial charge in [-0.15, -0.1) is 0 Å². The van der Waals surface area contributed by atoms with E-state index in [1.54, 1.807) is 18.5 Å². The number of nitrogens with two attached hydrogens (primary N) is 1. The van der Waals surface area contributed by atoms with Crippen LogP contribution in [0.1, 0.15) is 5.69 Å². The molecule has 0 radical (unpaired) electrons. The van der Waals surface area contributed by atoms with E-state index in [-0.39, 0.29) is 0 Å². The first-order valence-electron chi connectivity index (χ1n) is 6.07. The Kier molecular flexibility index (Phi) is 3.16. The van der Waals surface area contributed by atoms with Crippen molar-refractivity contribution in [1.82, 2.24) is 9.97 Å². The van der Waals surface area contributed by atoms with E-state index >= 15 is 0 Å². The van der Waals surface area contributed by atoms with Crippen molar-refractivity contribution in [3.63, 3.8) is 0 Å². The van der Waals surface area contributed by atoms with Gasteiger partial charge in [-0.3, -0.25) is 9.97 Å². The molecule has 2 heterocycles. The first-order chi connectivity index (χ1) is 9.61. The number of ether oxygens (including phenoxy) is 1. The van der Waals surface area contributed by atoms with Crippen LogP contribution in [0.25, 0.3) is 10.9 Å². The van der Waals surface area contributed by atoms with E-state index in [4.69, 9.17) is 22.1 Å². The molecule has 5 heteroatoms. The number of anilines is 1. The van der Waals surface area contributed by atoms with Crippen molar-refractivity contribution in [2.24, 2.45) is 0 Å². The zero-order valence-corrected chi connectivity index (χ0v) is 11.6. The molecular formula is C15H12ClN3O. The maximum absolute atomic E-state index is 5.91. The van der Waals surface area contributed by atoms with Crippen molar-refractivity contribution in [3.05, 3.63) is 53.4 Å². The Labute approximate surface area is 121 Å². The maximum atomic E-state index is 5.91. The number of aryl methyl sites for hydroxylation is 1. The van der Waals surface area contributed by atoms with E-state index < -0.39 is 0 Å². The number of aromatic nitrogens is 2. The van der Waals surface area contributed by atoms with Crippen molar-refractivity contribution in [2.75, 3.05) is 5.73 Å². The summed E-state index contributed by atoms with van der Waals surface area (Å²) in [4.78, 5) is 8.46. The molecule has 100 valence electrons. The second-order valence-corrected chi connectivity index (χ2v) is 4.92. The highest BCUT2D eigenvalue weighted by Crippen LogP contribution is 2.31. The van der Waals surface area contributed by atoms with Crippen LogP contribution in [0.5, 0.6) is 11.5 Å². The zero-order valence-electron chi connectivity index (χ0n) is 10.8. The van der Waals surface area contributed by atoms with E-state index in [1.807, 2.05) is 31.2 Å². The fraction of sp³-hybridized carbons (Fsp3) is 0.0667. The van der Waals surface area contributed by atoms with Gasteiger partial charge in [-0.25, -0.2) is 0 Å². The van der Waals surface area contributed by atoms with E-state index in [0.717, 1.165) is 16.6 Å². The highest BCUT2D eigenvalue weighted by atomic mass is 35.5. The van der Waals surface area contributed by atoms with Crippen LogP contribution in [0.4, 0.5) is 5.69 Å². The van der Waals surface area contributed by atoms with Crippen LogP contribution in [0, 0.1) is 6.92 Å². The predicted molar refractivity (Wildman–Crippen MR) is 80.2 cm³/mol. The number of nitrogens with zero attached hydrogens (tertiary/aromatic N) is 2. The summed E-state index contributed by atoms with van der Waals surface area (Å²) in [7, 11) is 0. The van der Waals surface area contributed by atoms with Gasteiger partial charge < -0.3 is 10.5 Å². The minimum absolute atomic E-state index is 0.525. The summed E-state index contributed by atoms with van der Waals surface area (Å²) in [5, 5.41) is 1.38. The van der Waals surface area contributed by atoms with Gasteiger partial charge in [0.2, 0.25) is 0 Å². The van der Waals surface area contributed by atoms with Crippen LogP contribution in [0.3, 0.4) is 0 Å². The summed E-state index contributed by atoms with van der Waals surface area (Å²) in [6.07, 6.45) is 3.17. The van der Waals surface area contributed by atoms with Crippen LogP contribution >= 0.6 is 11.6 Å². The van der Waals surface area contributed by atoms with Crippen LogP contribution in [-0.4, -0.2) is 9.97 Å².